The lowest BCUT2D eigenvalue weighted by Gasteiger charge is -2.33. The molecule has 1 saturated heterocycles. The van der Waals surface area contributed by atoms with Crippen molar-refractivity contribution in [2.45, 2.75) is 25.4 Å². The van der Waals surface area contributed by atoms with Gasteiger partial charge in [0.1, 0.15) is 12.4 Å². The number of halogens is 2. The SMILES string of the molecule is CN=C(NCCOc1ccc(F)c(F)c1)NC1CCN(Cc2ccccc2)CC1. The Morgan fingerprint density at radius 2 is 1.86 bits per heavy atom. The number of piperidine rings is 1. The van der Waals surface area contributed by atoms with E-state index >= 15 is 0 Å². The standard InChI is InChI=1S/C22H28F2N4O/c1-25-22(26-11-14-29-19-7-8-20(23)21(24)15-19)27-18-9-12-28(13-10-18)16-17-5-3-2-4-6-17/h2-8,15,18H,9-14,16H2,1H3,(H2,25,26,27). The molecule has 1 aliphatic heterocycles. The van der Waals surface area contributed by atoms with Crippen LogP contribution in [-0.4, -0.2) is 50.2 Å². The van der Waals surface area contributed by atoms with Crippen LogP contribution in [0.15, 0.2) is 53.5 Å². The van der Waals surface area contributed by atoms with Gasteiger partial charge >= 0.3 is 0 Å². The molecule has 0 atom stereocenters. The van der Waals surface area contributed by atoms with Gasteiger partial charge in [0.2, 0.25) is 0 Å². The molecule has 0 aliphatic carbocycles. The number of nitrogens with one attached hydrogen (secondary N) is 2. The predicted molar refractivity (Wildman–Crippen MR) is 111 cm³/mol. The van der Waals surface area contributed by atoms with E-state index in [1.807, 2.05) is 6.07 Å². The summed E-state index contributed by atoms with van der Waals surface area (Å²) in [5, 5.41) is 6.65. The largest absolute Gasteiger partial charge is 0.492 e. The van der Waals surface area contributed by atoms with Gasteiger partial charge in [-0.25, -0.2) is 8.78 Å². The van der Waals surface area contributed by atoms with Gasteiger partial charge in [0.25, 0.3) is 0 Å². The molecule has 1 heterocycles. The van der Waals surface area contributed by atoms with E-state index in [4.69, 9.17) is 4.74 Å². The highest BCUT2D eigenvalue weighted by molar-refractivity contribution is 5.79. The molecule has 29 heavy (non-hydrogen) atoms. The molecule has 1 fully saturated rings. The van der Waals surface area contributed by atoms with Gasteiger partial charge in [-0.3, -0.25) is 9.89 Å². The average Bonchev–Trinajstić information content (AvgIpc) is 2.75. The Balaban J connectivity index is 1.34. The molecule has 0 spiro atoms. The normalized spacial score (nSPS) is 15.9. The number of ether oxygens (including phenoxy) is 1. The first-order valence-corrected chi connectivity index (χ1v) is 9.95. The molecule has 1 aliphatic rings. The lowest BCUT2D eigenvalue weighted by atomic mass is 10.0. The molecule has 0 amide bonds. The van der Waals surface area contributed by atoms with Gasteiger partial charge in [0, 0.05) is 38.8 Å². The molecule has 2 N–H and O–H groups in total. The summed E-state index contributed by atoms with van der Waals surface area (Å²) >= 11 is 0. The molecule has 7 heteroatoms. The summed E-state index contributed by atoms with van der Waals surface area (Å²) < 4.78 is 31.5. The molecule has 2 aromatic rings. The van der Waals surface area contributed by atoms with E-state index in [0.29, 0.717) is 24.9 Å². The summed E-state index contributed by atoms with van der Waals surface area (Å²) in [5.74, 6) is -0.763. The Bertz CT molecular complexity index is 793. The van der Waals surface area contributed by atoms with Crippen LogP contribution >= 0.6 is 0 Å². The van der Waals surface area contributed by atoms with E-state index in [9.17, 15) is 8.78 Å². The highest BCUT2D eigenvalue weighted by Gasteiger charge is 2.19. The van der Waals surface area contributed by atoms with Gasteiger partial charge in [0.05, 0.1) is 6.54 Å². The molecule has 3 rings (SSSR count). The minimum Gasteiger partial charge on any atom is -0.492 e. The maximum Gasteiger partial charge on any atom is 0.191 e. The third kappa shape index (κ3) is 6.71. The third-order valence-corrected chi connectivity index (χ3v) is 4.96. The minimum absolute atomic E-state index is 0.305. The number of aliphatic imine (C=N–C) groups is 1. The van der Waals surface area contributed by atoms with Crippen LogP contribution < -0.4 is 15.4 Å². The topological polar surface area (TPSA) is 48.9 Å². The summed E-state index contributed by atoms with van der Waals surface area (Å²) in [4.78, 5) is 6.73. The quantitative estimate of drug-likeness (QED) is 0.424. The summed E-state index contributed by atoms with van der Waals surface area (Å²) in [6, 6.07) is 14.4. The Labute approximate surface area is 170 Å². The average molecular weight is 402 g/mol. The Morgan fingerprint density at radius 1 is 1.10 bits per heavy atom. The van der Waals surface area contributed by atoms with Gasteiger partial charge in [0.15, 0.2) is 17.6 Å². The van der Waals surface area contributed by atoms with E-state index in [2.05, 4.69) is 44.8 Å². The van der Waals surface area contributed by atoms with Crippen molar-refractivity contribution in [3.8, 4) is 5.75 Å². The first-order chi connectivity index (χ1) is 14.1. The van der Waals surface area contributed by atoms with Crippen molar-refractivity contribution in [1.29, 1.82) is 0 Å². The molecule has 0 unspecified atom stereocenters. The van der Waals surface area contributed by atoms with Crippen LogP contribution in [0.5, 0.6) is 5.75 Å². The van der Waals surface area contributed by atoms with Crippen LogP contribution in [0, 0.1) is 11.6 Å². The highest BCUT2D eigenvalue weighted by atomic mass is 19.2. The fraction of sp³-hybridized carbons (Fsp3) is 0.409. The molecule has 0 aromatic heterocycles. The van der Waals surface area contributed by atoms with Crippen LogP contribution in [0.1, 0.15) is 18.4 Å². The highest BCUT2D eigenvalue weighted by Crippen LogP contribution is 2.15. The first kappa shape index (κ1) is 21.0. The number of hydrogen-bond acceptors (Lipinski definition) is 3. The number of likely N-dealkylation sites (tertiary alicyclic amines) is 1. The molecule has 2 aromatic carbocycles. The fourth-order valence-corrected chi connectivity index (χ4v) is 3.37. The number of nitrogens with zero attached hydrogens (tertiary/aromatic N) is 2. The molecule has 0 bridgehead atoms. The molecule has 0 radical (unpaired) electrons. The van der Waals surface area contributed by atoms with Gasteiger partial charge in [-0.2, -0.15) is 0 Å². The molecular weight excluding hydrogens is 374 g/mol. The number of benzene rings is 2. The second-order valence-electron chi connectivity index (χ2n) is 7.10. The van der Waals surface area contributed by atoms with Crippen molar-refractivity contribution in [3.63, 3.8) is 0 Å². The third-order valence-electron chi connectivity index (χ3n) is 4.96. The lowest BCUT2D eigenvalue weighted by Crippen LogP contribution is -2.49. The number of rotatable bonds is 7. The molecule has 0 saturated carbocycles. The van der Waals surface area contributed by atoms with Crippen molar-refractivity contribution in [2.75, 3.05) is 33.3 Å². The Hall–Kier alpha value is -2.67. The van der Waals surface area contributed by atoms with E-state index in [1.165, 1.54) is 11.6 Å². The van der Waals surface area contributed by atoms with Crippen LogP contribution in [0.3, 0.4) is 0 Å². The molecule has 156 valence electrons. The number of guanidine groups is 1. The van der Waals surface area contributed by atoms with Crippen LogP contribution in [0.25, 0.3) is 0 Å². The summed E-state index contributed by atoms with van der Waals surface area (Å²) in [6.07, 6.45) is 2.11. The van der Waals surface area contributed by atoms with Crippen molar-refractivity contribution in [1.82, 2.24) is 15.5 Å². The maximum absolute atomic E-state index is 13.2. The lowest BCUT2D eigenvalue weighted by molar-refractivity contribution is 0.198. The summed E-state index contributed by atoms with van der Waals surface area (Å²) in [7, 11) is 1.73. The zero-order valence-electron chi connectivity index (χ0n) is 16.7. The molecular formula is C22H28F2N4O. The van der Waals surface area contributed by atoms with Crippen LogP contribution in [-0.2, 0) is 6.54 Å². The van der Waals surface area contributed by atoms with Gasteiger partial charge in [-0.05, 0) is 30.5 Å². The van der Waals surface area contributed by atoms with Crippen molar-refractivity contribution >= 4 is 5.96 Å². The summed E-state index contributed by atoms with van der Waals surface area (Å²) in [5.41, 5.74) is 1.34. The van der Waals surface area contributed by atoms with Gasteiger partial charge in [-0.15, -0.1) is 0 Å². The second-order valence-corrected chi connectivity index (χ2v) is 7.10. The first-order valence-electron chi connectivity index (χ1n) is 9.95. The summed E-state index contributed by atoms with van der Waals surface area (Å²) in [6.45, 7) is 3.90. The molecule has 5 nitrogen and oxygen atoms in total. The zero-order chi connectivity index (χ0) is 20.5. The van der Waals surface area contributed by atoms with E-state index in [0.717, 1.165) is 50.6 Å². The smallest absolute Gasteiger partial charge is 0.191 e. The van der Waals surface area contributed by atoms with Crippen molar-refractivity contribution in [2.24, 2.45) is 4.99 Å². The van der Waals surface area contributed by atoms with Gasteiger partial charge in [-0.1, -0.05) is 30.3 Å². The van der Waals surface area contributed by atoms with E-state index < -0.39 is 11.6 Å². The monoisotopic (exact) mass is 402 g/mol. The van der Waals surface area contributed by atoms with E-state index in [1.54, 1.807) is 7.05 Å². The zero-order valence-corrected chi connectivity index (χ0v) is 16.7. The predicted octanol–water partition coefficient (Wildman–Crippen LogP) is 3.17. The number of hydrogen-bond donors (Lipinski definition) is 2. The van der Waals surface area contributed by atoms with Crippen LogP contribution in [0.2, 0.25) is 0 Å². The fourth-order valence-electron chi connectivity index (χ4n) is 3.37. The Morgan fingerprint density at radius 3 is 2.55 bits per heavy atom. The van der Waals surface area contributed by atoms with Crippen molar-refractivity contribution in [3.05, 3.63) is 65.7 Å². The minimum atomic E-state index is -0.911. The van der Waals surface area contributed by atoms with Gasteiger partial charge < -0.3 is 15.4 Å². The van der Waals surface area contributed by atoms with Crippen molar-refractivity contribution < 1.29 is 13.5 Å². The van der Waals surface area contributed by atoms with E-state index in [-0.39, 0.29) is 0 Å². The maximum atomic E-state index is 13.2. The Kier molecular flexibility index (Phi) is 7.81. The second kappa shape index (κ2) is 10.8. The van der Waals surface area contributed by atoms with Crippen LogP contribution in [0.4, 0.5) is 8.78 Å².